The van der Waals surface area contributed by atoms with Crippen molar-refractivity contribution in [1.29, 1.82) is 0 Å². The van der Waals surface area contributed by atoms with Crippen molar-refractivity contribution in [2.24, 2.45) is 0 Å². The quantitative estimate of drug-likeness (QED) is 0.0179. The van der Waals surface area contributed by atoms with Gasteiger partial charge < -0.3 is 64.2 Å². The van der Waals surface area contributed by atoms with Crippen LogP contribution in [0.1, 0.15) is 194 Å². The lowest BCUT2D eigenvalue weighted by Crippen LogP contribution is -2.61. The molecule has 382 valence electrons. The van der Waals surface area contributed by atoms with Crippen LogP contribution in [0.15, 0.2) is 24.3 Å². The third kappa shape index (κ3) is 27.3. The van der Waals surface area contributed by atoms with Gasteiger partial charge in [0.1, 0.15) is 54.9 Å². The maximum atomic E-state index is 13.0. The third-order valence-corrected chi connectivity index (χ3v) is 12.4. The smallest absolute Gasteiger partial charge is 0.306 e. The van der Waals surface area contributed by atoms with E-state index in [4.69, 9.17) is 28.4 Å². The van der Waals surface area contributed by atoms with Crippen LogP contribution < -0.4 is 0 Å². The van der Waals surface area contributed by atoms with Gasteiger partial charge in [0.05, 0.1) is 26.4 Å². The van der Waals surface area contributed by atoms with E-state index in [2.05, 4.69) is 38.2 Å². The van der Waals surface area contributed by atoms with Crippen LogP contribution in [0, 0.1) is 0 Å². The van der Waals surface area contributed by atoms with Crippen LogP contribution >= 0.6 is 0 Å². The van der Waals surface area contributed by atoms with Crippen LogP contribution in [0.3, 0.4) is 0 Å². The van der Waals surface area contributed by atoms with Gasteiger partial charge in [0.2, 0.25) is 0 Å². The zero-order chi connectivity index (χ0) is 47.3. The summed E-state index contributed by atoms with van der Waals surface area (Å²) >= 11 is 0. The summed E-state index contributed by atoms with van der Waals surface area (Å²) in [6.07, 6.45) is 25.2. The SMILES string of the molecule is CCCCCCC/C=C\CCCCCCCC(=O)OC(COCCCCCCCC/C=C\CCCCCCCCC)COC1OC(COC2OC(CO)C(O)C(O)C2O)C(O)C(O)C1O. The number of esters is 1. The molecule has 0 bridgehead atoms. The molecule has 0 radical (unpaired) electrons. The second kappa shape index (κ2) is 39.3. The molecule has 2 aliphatic heterocycles. The van der Waals surface area contributed by atoms with Crippen molar-refractivity contribution in [3.05, 3.63) is 24.3 Å². The zero-order valence-electron chi connectivity index (χ0n) is 40.5. The number of aliphatic hydroxyl groups excluding tert-OH is 7. The number of allylic oxidation sites excluding steroid dienone is 4. The highest BCUT2D eigenvalue weighted by Crippen LogP contribution is 2.26. The van der Waals surface area contributed by atoms with Gasteiger partial charge in [-0.15, -0.1) is 0 Å². The largest absolute Gasteiger partial charge is 0.457 e. The fourth-order valence-electron chi connectivity index (χ4n) is 8.16. The van der Waals surface area contributed by atoms with Crippen molar-refractivity contribution >= 4 is 5.97 Å². The van der Waals surface area contributed by atoms with Crippen LogP contribution in [0.4, 0.5) is 0 Å². The van der Waals surface area contributed by atoms with Gasteiger partial charge >= 0.3 is 5.97 Å². The molecule has 14 heteroatoms. The number of aliphatic hydroxyl groups is 7. The average molecular weight is 931 g/mol. The molecule has 0 aromatic rings. The normalized spacial score (nSPS) is 26.7. The summed E-state index contributed by atoms with van der Waals surface area (Å²) in [6.45, 7) is 3.66. The molecule has 0 aromatic carbocycles. The van der Waals surface area contributed by atoms with E-state index in [-0.39, 0.29) is 25.6 Å². The van der Waals surface area contributed by atoms with E-state index < -0.39 is 80.7 Å². The Hall–Kier alpha value is -1.53. The molecule has 7 N–H and O–H groups in total. The van der Waals surface area contributed by atoms with Crippen molar-refractivity contribution in [1.82, 2.24) is 0 Å². The lowest BCUT2D eigenvalue weighted by atomic mass is 9.98. The molecule has 0 saturated carbocycles. The highest BCUT2D eigenvalue weighted by Gasteiger charge is 2.47. The Morgan fingerprint density at radius 2 is 0.908 bits per heavy atom. The van der Waals surface area contributed by atoms with E-state index in [1.807, 2.05) is 0 Å². The Morgan fingerprint density at radius 3 is 1.40 bits per heavy atom. The number of ether oxygens (including phenoxy) is 6. The van der Waals surface area contributed by atoms with Crippen LogP contribution in [0.2, 0.25) is 0 Å². The zero-order valence-corrected chi connectivity index (χ0v) is 40.5. The highest BCUT2D eigenvalue weighted by atomic mass is 16.7. The van der Waals surface area contributed by atoms with E-state index in [1.54, 1.807) is 0 Å². The molecule has 2 fully saturated rings. The number of unbranched alkanes of at least 4 members (excludes halogenated alkanes) is 23. The van der Waals surface area contributed by atoms with E-state index in [0.717, 1.165) is 64.2 Å². The predicted octanol–water partition coefficient (Wildman–Crippen LogP) is 7.63. The topological polar surface area (TPSA) is 214 Å². The van der Waals surface area contributed by atoms with E-state index in [1.165, 1.54) is 103 Å². The molecule has 2 aliphatic rings. The second-order valence-electron chi connectivity index (χ2n) is 18.3. The lowest BCUT2D eigenvalue weighted by Gasteiger charge is -2.42. The Balaban J connectivity index is 1.77. The number of carbonyl (C=O) groups excluding carboxylic acids is 1. The summed E-state index contributed by atoms with van der Waals surface area (Å²) in [4.78, 5) is 13.0. The molecule has 2 heterocycles. The van der Waals surface area contributed by atoms with Crippen molar-refractivity contribution in [2.45, 2.75) is 261 Å². The standard InChI is InChI=1S/C51H94O14/c1-3-5-7-9-11-13-15-17-19-20-21-23-25-27-29-31-33-35-60-37-40(63-43(53)34-32-30-28-26-24-22-18-16-14-12-10-8-6-4-2)38-61-50-49(59)47(57)45(55)42(65-50)39-62-51-48(58)46(56)44(54)41(36-52)64-51/h16,18-20,40-42,44-52,54-59H,3-15,17,21-39H2,1-2H3/b18-16-,20-19-. The first-order valence-electron chi connectivity index (χ1n) is 25.9. The summed E-state index contributed by atoms with van der Waals surface area (Å²) in [7, 11) is 0. The average Bonchev–Trinajstić information content (AvgIpc) is 3.30. The van der Waals surface area contributed by atoms with E-state index in [9.17, 15) is 40.5 Å². The fraction of sp³-hybridized carbons (Fsp3) is 0.902. The Bertz CT molecular complexity index is 1170. The molecule has 11 atom stereocenters. The molecule has 14 nitrogen and oxygen atoms in total. The maximum absolute atomic E-state index is 13.0. The molecule has 0 aliphatic carbocycles. The molecule has 2 rings (SSSR count). The molecule has 11 unspecified atom stereocenters. The van der Waals surface area contributed by atoms with Crippen LogP contribution in [-0.4, -0.2) is 142 Å². The van der Waals surface area contributed by atoms with Crippen LogP contribution in [-0.2, 0) is 33.2 Å². The first kappa shape index (κ1) is 59.6. The number of rotatable bonds is 41. The van der Waals surface area contributed by atoms with Gasteiger partial charge in [-0.3, -0.25) is 4.79 Å². The van der Waals surface area contributed by atoms with Crippen molar-refractivity contribution in [3.63, 3.8) is 0 Å². The monoisotopic (exact) mass is 931 g/mol. The molecular formula is C51H94O14. The van der Waals surface area contributed by atoms with Gasteiger partial charge in [0.15, 0.2) is 12.6 Å². The van der Waals surface area contributed by atoms with Gasteiger partial charge in [-0.25, -0.2) is 0 Å². The number of hydrogen-bond acceptors (Lipinski definition) is 14. The summed E-state index contributed by atoms with van der Waals surface area (Å²) < 4.78 is 34.3. The van der Waals surface area contributed by atoms with Gasteiger partial charge in [-0.2, -0.15) is 0 Å². The summed E-state index contributed by atoms with van der Waals surface area (Å²) in [6, 6.07) is 0. The van der Waals surface area contributed by atoms with Crippen LogP contribution in [0.25, 0.3) is 0 Å². The molecule has 2 saturated heterocycles. The number of hydrogen-bond donors (Lipinski definition) is 7. The maximum Gasteiger partial charge on any atom is 0.306 e. The van der Waals surface area contributed by atoms with Gasteiger partial charge in [0.25, 0.3) is 0 Å². The van der Waals surface area contributed by atoms with Crippen molar-refractivity contribution < 1.29 is 69.0 Å². The Kier molecular flexibility index (Phi) is 36.1. The molecule has 0 spiro atoms. The Labute approximate surface area is 392 Å². The van der Waals surface area contributed by atoms with E-state index >= 15 is 0 Å². The lowest BCUT2D eigenvalue weighted by molar-refractivity contribution is -0.332. The predicted molar refractivity (Wildman–Crippen MR) is 252 cm³/mol. The summed E-state index contributed by atoms with van der Waals surface area (Å²) in [5.41, 5.74) is 0. The van der Waals surface area contributed by atoms with Crippen LogP contribution in [0.5, 0.6) is 0 Å². The van der Waals surface area contributed by atoms with Gasteiger partial charge in [0, 0.05) is 13.0 Å². The van der Waals surface area contributed by atoms with Crippen molar-refractivity contribution in [2.75, 3.05) is 33.0 Å². The first-order valence-corrected chi connectivity index (χ1v) is 25.9. The molecule has 65 heavy (non-hydrogen) atoms. The first-order chi connectivity index (χ1) is 31.6. The molecule has 0 amide bonds. The number of carbonyl (C=O) groups is 1. The molecule has 0 aromatic heterocycles. The van der Waals surface area contributed by atoms with Gasteiger partial charge in [-0.05, 0) is 64.2 Å². The minimum Gasteiger partial charge on any atom is -0.457 e. The minimum atomic E-state index is -1.71. The summed E-state index contributed by atoms with van der Waals surface area (Å²) in [5.74, 6) is -0.386. The Morgan fingerprint density at radius 1 is 0.492 bits per heavy atom. The van der Waals surface area contributed by atoms with Crippen molar-refractivity contribution in [3.8, 4) is 0 Å². The minimum absolute atomic E-state index is 0.0564. The highest BCUT2D eigenvalue weighted by molar-refractivity contribution is 5.69. The van der Waals surface area contributed by atoms with E-state index in [0.29, 0.717) is 13.0 Å². The second-order valence-corrected chi connectivity index (χ2v) is 18.3. The summed E-state index contributed by atoms with van der Waals surface area (Å²) in [5, 5.41) is 72.1. The molecular weight excluding hydrogens is 837 g/mol. The third-order valence-electron chi connectivity index (χ3n) is 12.4. The van der Waals surface area contributed by atoms with Gasteiger partial charge in [-0.1, -0.05) is 147 Å². The fourth-order valence-corrected chi connectivity index (χ4v) is 8.16.